The minimum absolute atomic E-state index is 0.0340. The zero-order chi connectivity index (χ0) is 38.6. The summed E-state index contributed by atoms with van der Waals surface area (Å²) in [7, 11) is 0. The van der Waals surface area contributed by atoms with Crippen molar-refractivity contribution in [2.24, 2.45) is 23.7 Å². The Balaban J connectivity index is 1.13. The number of ether oxygens (including phenoxy) is 1. The second-order valence-electron chi connectivity index (χ2n) is 15.7. The standard InChI is InChI=1S/C46H44ClN3O6/c47-31-14-9-15-33(26-31)50-43(53)38-27-37-34(41(35-16-7-8-17-39(35)56-25-24-51)46(38,45(50)55)30-12-5-2-6-13-30)18-19-36-40(37)44(54)49(42(36)52)32-20-22-48(23-21-32)28-29-10-3-1-4-11-29/h1-18,26,32,36-38,40-41,51H,19-25,27-28H2/t36-,37+,38-,40-,41+,46+/m0/s1. The molecule has 0 spiro atoms. The Bertz CT molecular complexity index is 2200. The smallest absolute Gasteiger partial charge is 0.246 e. The van der Waals surface area contributed by atoms with E-state index < -0.39 is 35.0 Å². The zero-order valence-electron chi connectivity index (χ0n) is 31.0. The summed E-state index contributed by atoms with van der Waals surface area (Å²) in [4.78, 5) is 65.1. The van der Waals surface area contributed by atoms with E-state index in [1.54, 1.807) is 29.2 Å². The Hall–Kier alpha value is -5.09. The van der Waals surface area contributed by atoms with Crippen LogP contribution in [0.5, 0.6) is 5.75 Å². The molecular formula is C46H44ClN3O6. The molecule has 0 radical (unpaired) electrons. The van der Waals surface area contributed by atoms with Crippen LogP contribution in [0.3, 0.4) is 0 Å². The Kier molecular flexibility index (Phi) is 9.64. The van der Waals surface area contributed by atoms with E-state index in [2.05, 4.69) is 23.1 Å². The summed E-state index contributed by atoms with van der Waals surface area (Å²) in [5.41, 5.74) is 2.46. The molecule has 286 valence electrons. The van der Waals surface area contributed by atoms with Crippen molar-refractivity contribution in [3.63, 3.8) is 0 Å². The van der Waals surface area contributed by atoms with Gasteiger partial charge < -0.3 is 9.84 Å². The number of para-hydroxylation sites is 1. The monoisotopic (exact) mass is 769 g/mol. The van der Waals surface area contributed by atoms with Gasteiger partial charge in [0, 0.05) is 42.2 Å². The van der Waals surface area contributed by atoms with Crippen LogP contribution in [-0.2, 0) is 31.1 Å². The van der Waals surface area contributed by atoms with Gasteiger partial charge in [-0.05, 0) is 67.0 Å². The van der Waals surface area contributed by atoms with E-state index in [9.17, 15) is 14.7 Å². The van der Waals surface area contributed by atoms with Crippen molar-refractivity contribution in [3.05, 3.63) is 143 Å². The lowest BCUT2D eigenvalue weighted by Crippen LogP contribution is -2.53. The van der Waals surface area contributed by atoms with Crippen LogP contribution in [0, 0.1) is 23.7 Å². The number of benzene rings is 4. The number of allylic oxidation sites excluding steroid dienone is 2. The number of carbonyl (C=O) groups is 4. The number of hydrogen-bond acceptors (Lipinski definition) is 7. The molecule has 2 aliphatic carbocycles. The molecule has 9 nitrogen and oxygen atoms in total. The van der Waals surface area contributed by atoms with Crippen LogP contribution in [0.2, 0.25) is 5.02 Å². The molecule has 0 aromatic heterocycles. The predicted molar refractivity (Wildman–Crippen MR) is 212 cm³/mol. The number of fused-ring (bicyclic) bond motifs is 4. The van der Waals surface area contributed by atoms with Crippen LogP contribution in [-0.4, -0.2) is 70.9 Å². The van der Waals surface area contributed by atoms with Gasteiger partial charge in [-0.3, -0.25) is 29.0 Å². The molecule has 5 aliphatic rings. The number of halogens is 1. The molecule has 4 aromatic rings. The number of rotatable bonds is 9. The molecule has 3 saturated heterocycles. The van der Waals surface area contributed by atoms with Crippen LogP contribution < -0.4 is 9.64 Å². The Morgan fingerprint density at radius 2 is 1.50 bits per heavy atom. The van der Waals surface area contributed by atoms with Crippen molar-refractivity contribution in [2.75, 3.05) is 31.2 Å². The molecule has 10 heteroatoms. The number of anilines is 1. The lowest BCUT2D eigenvalue weighted by molar-refractivity contribution is -0.144. The predicted octanol–water partition coefficient (Wildman–Crippen LogP) is 6.54. The van der Waals surface area contributed by atoms with E-state index in [4.69, 9.17) is 16.3 Å². The van der Waals surface area contributed by atoms with Crippen molar-refractivity contribution < 1.29 is 29.0 Å². The molecule has 4 fully saturated rings. The summed E-state index contributed by atoms with van der Waals surface area (Å²) in [5, 5.41) is 10.2. The maximum absolute atomic E-state index is 15.5. The topological polar surface area (TPSA) is 107 Å². The van der Waals surface area contributed by atoms with Gasteiger partial charge in [-0.2, -0.15) is 0 Å². The molecule has 9 rings (SSSR count). The molecule has 4 amide bonds. The van der Waals surface area contributed by atoms with E-state index in [1.807, 2.05) is 72.8 Å². The van der Waals surface area contributed by atoms with E-state index in [0.717, 1.165) is 25.2 Å². The fourth-order valence-electron chi connectivity index (χ4n) is 10.7. The molecule has 4 aromatic carbocycles. The van der Waals surface area contributed by atoms with Gasteiger partial charge >= 0.3 is 0 Å². The van der Waals surface area contributed by atoms with Crippen LogP contribution in [0.4, 0.5) is 5.69 Å². The van der Waals surface area contributed by atoms with Crippen molar-refractivity contribution in [1.29, 1.82) is 0 Å². The highest BCUT2D eigenvalue weighted by Crippen LogP contribution is 2.65. The highest BCUT2D eigenvalue weighted by atomic mass is 35.5. The first-order chi connectivity index (χ1) is 27.3. The number of carbonyl (C=O) groups excluding carboxylic acids is 4. The minimum atomic E-state index is -1.41. The summed E-state index contributed by atoms with van der Waals surface area (Å²) >= 11 is 6.46. The number of likely N-dealkylation sites (tertiary alicyclic amines) is 2. The number of aliphatic hydroxyl groups is 1. The van der Waals surface area contributed by atoms with Crippen molar-refractivity contribution in [2.45, 2.75) is 49.6 Å². The molecule has 0 unspecified atom stereocenters. The van der Waals surface area contributed by atoms with E-state index in [-0.39, 0.29) is 49.3 Å². The quantitative estimate of drug-likeness (QED) is 0.152. The molecular weight excluding hydrogens is 726 g/mol. The largest absolute Gasteiger partial charge is 0.491 e. The fraction of sp³-hybridized carbons (Fsp3) is 0.348. The number of amides is 4. The second-order valence-corrected chi connectivity index (χ2v) is 16.2. The molecule has 3 aliphatic heterocycles. The van der Waals surface area contributed by atoms with Crippen molar-refractivity contribution >= 4 is 40.9 Å². The first-order valence-corrected chi connectivity index (χ1v) is 20.1. The molecule has 3 heterocycles. The van der Waals surface area contributed by atoms with Crippen LogP contribution in [0.25, 0.3) is 0 Å². The summed E-state index contributed by atoms with van der Waals surface area (Å²) < 4.78 is 6.17. The van der Waals surface area contributed by atoms with Gasteiger partial charge in [0.05, 0.1) is 35.5 Å². The summed E-state index contributed by atoms with van der Waals surface area (Å²) in [5.74, 6) is -3.80. The van der Waals surface area contributed by atoms with Crippen molar-refractivity contribution in [1.82, 2.24) is 9.80 Å². The Labute approximate surface area is 331 Å². The van der Waals surface area contributed by atoms with Crippen LogP contribution >= 0.6 is 11.6 Å². The number of aliphatic hydroxyl groups excluding tert-OH is 1. The number of nitrogens with zero attached hydrogens (tertiary/aromatic N) is 3. The first-order valence-electron chi connectivity index (χ1n) is 19.7. The van der Waals surface area contributed by atoms with E-state index in [0.29, 0.717) is 46.8 Å². The summed E-state index contributed by atoms with van der Waals surface area (Å²) in [6, 6.07) is 33.8. The van der Waals surface area contributed by atoms with Gasteiger partial charge in [0.15, 0.2) is 0 Å². The third-order valence-electron chi connectivity index (χ3n) is 13.0. The zero-order valence-corrected chi connectivity index (χ0v) is 31.8. The lowest BCUT2D eigenvalue weighted by Gasteiger charge is -2.51. The average molecular weight is 770 g/mol. The number of hydrogen-bond donors (Lipinski definition) is 1. The lowest BCUT2D eigenvalue weighted by atomic mass is 9.49. The van der Waals surface area contributed by atoms with Crippen LogP contribution in [0.15, 0.2) is 121 Å². The van der Waals surface area contributed by atoms with Gasteiger partial charge in [0.2, 0.25) is 23.6 Å². The van der Waals surface area contributed by atoms with Gasteiger partial charge in [-0.15, -0.1) is 0 Å². The van der Waals surface area contributed by atoms with Crippen LogP contribution in [0.1, 0.15) is 48.3 Å². The van der Waals surface area contributed by atoms with Crippen molar-refractivity contribution in [3.8, 4) is 5.75 Å². The molecule has 1 saturated carbocycles. The molecule has 1 N–H and O–H groups in total. The first kappa shape index (κ1) is 36.5. The number of piperidine rings is 1. The third kappa shape index (κ3) is 5.82. The Morgan fingerprint density at radius 1 is 0.786 bits per heavy atom. The molecule has 0 bridgehead atoms. The van der Waals surface area contributed by atoms with Gasteiger partial charge in [-0.1, -0.05) is 108 Å². The van der Waals surface area contributed by atoms with Gasteiger partial charge in [-0.25, -0.2) is 4.90 Å². The average Bonchev–Trinajstić information content (AvgIpc) is 3.62. The summed E-state index contributed by atoms with van der Waals surface area (Å²) in [6.45, 7) is 2.21. The maximum atomic E-state index is 15.5. The second kappa shape index (κ2) is 14.8. The highest BCUT2D eigenvalue weighted by Gasteiger charge is 2.70. The van der Waals surface area contributed by atoms with Gasteiger partial charge in [0.25, 0.3) is 0 Å². The van der Waals surface area contributed by atoms with E-state index >= 15 is 9.59 Å². The highest BCUT2D eigenvalue weighted by molar-refractivity contribution is 6.32. The molecule has 6 atom stereocenters. The number of imide groups is 2. The normalized spacial score (nSPS) is 27.9. The third-order valence-corrected chi connectivity index (χ3v) is 13.2. The Morgan fingerprint density at radius 3 is 2.23 bits per heavy atom. The SMILES string of the molecule is O=C1[C@@H]2C[C@@H]3C(=CC[C@@H]4C(=O)N(C5CCN(Cc6ccccc6)CC5)C(=O)[C@@H]43)[C@H](c3ccccc3OCCO)[C@]2(c2ccccc2)C(=O)N1c1cccc(Cl)c1. The van der Waals surface area contributed by atoms with Gasteiger partial charge in [0.1, 0.15) is 12.4 Å². The van der Waals surface area contributed by atoms with E-state index in [1.165, 1.54) is 10.5 Å². The summed E-state index contributed by atoms with van der Waals surface area (Å²) in [6.07, 6.45) is 4.07. The fourth-order valence-corrected chi connectivity index (χ4v) is 10.8. The maximum Gasteiger partial charge on any atom is 0.246 e. The minimum Gasteiger partial charge on any atom is -0.491 e. The molecule has 56 heavy (non-hydrogen) atoms.